The molecule has 1 atom stereocenters. The van der Waals surface area contributed by atoms with Crippen LogP contribution in [-0.4, -0.2) is 19.3 Å². The van der Waals surface area contributed by atoms with Gasteiger partial charge < -0.3 is 10.1 Å². The average molecular weight is 274 g/mol. The van der Waals surface area contributed by atoms with Crippen molar-refractivity contribution in [1.82, 2.24) is 5.32 Å². The number of hydrogen-bond acceptors (Lipinski definition) is 2. The van der Waals surface area contributed by atoms with Crippen molar-refractivity contribution in [2.75, 3.05) is 13.2 Å². The summed E-state index contributed by atoms with van der Waals surface area (Å²) in [4.78, 5) is 0. The predicted molar refractivity (Wildman–Crippen MR) is 71.8 cm³/mol. The molecule has 0 bridgehead atoms. The maximum absolute atomic E-state index is 6.10. The van der Waals surface area contributed by atoms with Gasteiger partial charge in [0.2, 0.25) is 0 Å². The van der Waals surface area contributed by atoms with Gasteiger partial charge in [0.1, 0.15) is 0 Å². The molecular weight excluding hydrogens is 257 g/mol. The summed E-state index contributed by atoms with van der Waals surface area (Å²) in [6, 6.07) is 5.58. The van der Waals surface area contributed by atoms with E-state index < -0.39 is 0 Å². The summed E-state index contributed by atoms with van der Waals surface area (Å²) >= 11 is 12.2. The summed E-state index contributed by atoms with van der Waals surface area (Å²) in [6.07, 6.45) is 3.93. The molecule has 0 aromatic heterocycles. The highest BCUT2D eigenvalue weighted by molar-refractivity contribution is 6.35. The Hall–Kier alpha value is -0.280. The van der Waals surface area contributed by atoms with Crippen LogP contribution in [0.4, 0.5) is 0 Å². The van der Waals surface area contributed by atoms with Crippen LogP contribution in [0.5, 0.6) is 0 Å². The molecule has 1 fully saturated rings. The van der Waals surface area contributed by atoms with Gasteiger partial charge in [0.05, 0.1) is 6.10 Å². The predicted octanol–water partition coefficient (Wildman–Crippen LogP) is 3.65. The normalized spacial score (nSPS) is 20.5. The summed E-state index contributed by atoms with van der Waals surface area (Å²) in [5.41, 5.74) is 0.964. The number of halogens is 2. The summed E-state index contributed by atoms with van der Waals surface area (Å²) in [6.45, 7) is 2.44. The molecule has 0 aliphatic carbocycles. The average Bonchev–Trinajstić information content (AvgIpc) is 2.34. The zero-order valence-corrected chi connectivity index (χ0v) is 11.2. The second-order valence-corrected chi connectivity index (χ2v) is 5.13. The Kier molecular flexibility index (Phi) is 5.11. The lowest BCUT2D eigenvalue weighted by molar-refractivity contribution is 0.0168. The standard InChI is InChI=1S/C13H17Cl2NO/c14-12-5-3-6-13(15)11(12)9-16-8-10-4-1-2-7-17-10/h3,5-6,10,16H,1-2,4,7-9H2. The van der Waals surface area contributed by atoms with Crippen molar-refractivity contribution in [2.45, 2.75) is 31.9 Å². The van der Waals surface area contributed by atoms with Crippen molar-refractivity contribution in [2.24, 2.45) is 0 Å². The van der Waals surface area contributed by atoms with E-state index in [0.29, 0.717) is 12.6 Å². The SMILES string of the molecule is Clc1cccc(Cl)c1CNCC1CCCCO1. The second kappa shape index (κ2) is 6.60. The molecule has 1 aliphatic rings. The van der Waals surface area contributed by atoms with Gasteiger partial charge in [-0.05, 0) is 31.4 Å². The van der Waals surface area contributed by atoms with Crippen molar-refractivity contribution in [3.8, 4) is 0 Å². The molecule has 0 spiro atoms. The van der Waals surface area contributed by atoms with Gasteiger partial charge in [-0.15, -0.1) is 0 Å². The van der Waals surface area contributed by atoms with Gasteiger partial charge in [-0.3, -0.25) is 0 Å². The first-order valence-electron chi connectivity index (χ1n) is 6.02. The molecule has 1 saturated heterocycles. The Labute approximate surface area is 112 Å². The van der Waals surface area contributed by atoms with E-state index in [1.54, 1.807) is 0 Å². The molecule has 1 aliphatic heterocycles. The minimum atomic E-state index is 0.338. The topological polar surface area (TPSA) is 21.3 Å². The highest BCUT2D eigenvalue weighted by Crippen LogP contribution is 2.24. The first-order valence-corrected chi connectivity index (χ1v) is 6.78. The van der Waals surface area contributed by atoms with E-state index in [2.05, 4.69) is 5.32 Å². The van der Waals surface area contributed by atoms with Crippen LogP contribution in [-0.2, 0) is 11.3 Å². The van der Waals surface area contributed by atoms with E-state index >= 15 is 0 Å². The minimum Gasteiger partial charge on any atom is -0.377 e. The van der Waals surface area contributed by atoms with E-state index in [1.807, 2.05) is 18.2 Å². The number of nitrogens with one attached hydrogen (secondary N) is 1. The van der Waals surface area contributed by atoms with Gasteiger partial charge in [-0.2, -0.15) is 0 Å². The van der Waals surface area contributed by atoms with Crippen LogP contribution in [0, 0.1) is 0 Å². The van der Waals surface area contributed by atoms with Gasteiger partial charge in [0, 0.05) is 35.3 Å². The first kappa shape index (κ1) is 13.2. The van der Waals surface area contributed by atoms with Crippen LogP contribution in [0.15, 0.2) is 18.2 Å². The highest BCUT2D eigenvalue weighted by Gasteiger charge is 2.13. The summed E-state index contributed by atoms with van der Waals surface area (Å²) < 4.78 is 5.65. The fourth-order valence-electron chi connectivity index (χ4n) is 2.03. The molecule has 0 saturated carbocycles. The third-order valence-corrected chi connectivity index (χ3v) is 3.72. The number of rotatable bonds is 4. The van der Waals surface area contributed by atoms with Crippen LogP contribution >= 0.6 is 23.2 Å². The van der Waals surface area contributed by atoms with Gasteiger partial charge in [0.25, 0.3) is 0 Å². The lowest BCUT2D eigenvalue weighted by Crippen LogP contribution is -2.31. The zero-order valence-electron chi connectivity index (χ0n) is 9.72. The molecule has 17 heavy (non-hydrogen) atoms. The quantitative estimate of drug-likeness (QED) is 0.904. The van der Waals surface area contributed by atoms with Crippen LogP contribution in [0.2, 0.25) is 10.0 Å². The summed E-state index contributed by atoms with van der Waals surface area (Å²) in [7, 11) is 0. The van der Waals surface area contributed by atoms with Crippen molar-refractivity contribution in [3.05, 3.63) is 33.8 Å². The van der Waals surface area contributed by atoms with E-state index in [-0.39, 0.29) is 0 Å². The van der Waals surface area contributed by atoms with Gasteiger partial charge in [-0.25, -0.2) is 0 Å². The van der Waals surface area contributed by atoms with E-state index in [9.17, 15) is 0 Å². The summed E-state index contributed by atoms with van der Waals surface area (Å²) in [5.74, 6) is 0. The molecule has 94 valence electrons. The van der Waals surface area contributed by atoms with Crippen LogP contribution in [0.25, 0.3) is 0 Å². The van der Waals surface area contributed by atoms with E-state index in [0.717, 1.165) is 35.2 Å². The maximum Gasteiger partial charge on any atom is 0.0699 e. The molecule has 1 N–H and O–H groups in total. The monoisotopic (exact) mass is 273 g/mol. The second-order valence-electron chi connectivity index (χ2n) is 4.32. The van der Waals surface area contributed by atoms with Gasteiger partial charge in [0.15, 0.2) is 0 Å². The molecule has 1 aromatic carbocycles. The molecule has 2 rings (SSSR count). The fraction of sp³-hybridized carbons (Fsp3) is 0.538. The van der Waals surface area contributed by atoms with Gasteiger partial charge >= 0.3 is 0 Å². The number of benzene rings is 1. The number of ether oxygens (including phenoxy) is 1. The van der Waals surface area contributed by atoms with Crippen molar-refractivity contribution >= 4 is 23.2 Å². The largest absolute Gasteiger partial charge is 0.377 e. The smallest absolute Gasteiger partial charge is 0.0699 e. The highest BCUT2D eigenvalue weighted by atomic mass is 35.5. The third kappa shape index (κ3) is 3.85. The molecule has 0 radical (unpaired) electrons. The van der Waals surface area contributed by atoms with Crippen LogP contribution < -0.4 is 5.32 Å². The Balaban J connectivity index is 1.81. The van der Waals surface area contributed by atoms with Crippen LogP contribution in [0.3, 0.4) is 0 Å². The molecule has 1 heterocycles. The van der Waals surface area contributed by atoms with Crippen molar-refractivity contribution in [1.29, 1.82) is 0 Å². The van der Waals surface area contributed by atoms with Gasteiger partial charge in [-0.1, -0.05) is 29.3 Å². The number of hydrogen-bond donors (Lipinski definition) is 1. The van der Waals surface area contributed by atoms with Crippen molar-refractivity contribution in [3.63, 3.8) is 0 Å². The third-order valence-electron chi connectivity index (χ3n) is 3.01. The Bertz CT molecular complexity index is 344. The van der Waals surface area contributed by atoms with Crippen molar-refractivity contribution < 1.29 is 4.74 Å². The molecule has 1 aromatic rings. The molecular formula is C13H17Cl2NO. The lowest BCUT2D eigenvalue weighted by Gasteiger charge is -2.23. The maximum atomic E-state index is 6.10. The van der Waals surface area contributed by atoms with E-state index in [4.69, 9.17) is 27.9 Å². The summed E-state index contributed by atoms with van der Waals surface area (Å²) in [5, 5.41) is 4.79. The molecule has 2 nitrogen and oxygen atoms in total. The zero-order chi connectivity index (χ0) is 12.1. The minimum absolute atomic E-state index is 0.338. The Morgan fingerprint density at radius 3 is 2.65 bits per heavy atom. The first-order chi connectivity index (χ1) is 8.27. The fourth-order valence-corrected chi connectivity index (χ4v) is 2.56. The Morgan fingerprint density at radius 1 is 1.24 bits per heavy atom. The lowest BCUT2D eigenvalue weighted by atomic mass is 10.1. The molecule has 1 unspecified atom stereocenters. The Morgan fingerprint density at radius 2 is 2.00 bits per heavy atom. The molecule has 0 amide bonds. The molecule has 4 heteroatoms. The van der Waals surface area contributed by atoms with Crippen LogP contribution in [0.1, 0.15) is 24.8 Å². The van der Waals surface area contributed by atoms with E-state index in [1.165, 1.54) is 12.8 Å².